The minimum absolute atomic E-state index is 0.194. The molecule has 0 aromatic heterocycles. The number of carbonyl (C=O) groups excluding carboxylic acids is 2. The number of hydrogen-bond donors (Lipinski definition) is 0. The van der Waals surface area contributed by atoms with Gasteiger partial charge in [-0.05, 0) is 47.7 Å². The summed E-state index contributed by atoms with van der Waals surface area (Å²) in [5, 5.41) is 0. The lowest BCUT2D eigenvalue weighted by molar-refractivity contribution is -0.132. The zero-order chi connectivity index (χ0) is 22.3. The molecule has 4 rings (SSSR count). The van der Waals surface area contributed by atoms with Crippen molar-refractivity contribution < 1.29 is 19.1 Å². The van der Waals surface area contributed by atoms with Gasteiger partial charge in [0.05, 0.1) is 12.7 Å². The van der Waals surface area contributed by atoms with Crippen molar-refractivity contribution in [1.29, 1.82) is 0 Å². The molecule has 0 bridgehead atoms. The smallest absolute Gasteiger partial charge is 0.338 e. The summed E-state index contributed by atoms with van der Waals surface area (Å²) >= 11 is 0. The van der Waals surface area contributed by atoms with Gasteiger partial charge in [-0.3, -0.25) is 4.79 Å². The van der Waals surface area contributed by atoms with E-state index in [-0.39, 0.29) is 18.5 Å². The highest BCUT2D eigenvalue weighted by atomic mass is 16.5. The largest absolute Gasteiger partial charge is 0.489 e. The molecule has 0 fully saturated rings. The first-order valence-electron chi connectivity index (χ1n) is 10.9. The standard InChI is InChI=1S/C27H27NO4/c1-31-27(30)25-9-5-4-8-23(25)19-32-24-13-10-20(11-14-24)12-15-26(29)28-17-16-21-6-2-3-7-22(21)18-28/h2-11,13-14H,12,15-19H2,1H3. The number of ether oxygens (including phenoxy) is 2. The number of carbonyl (C=O) groups is 2. The van der Waals surface area contributed by atoms with Crippen molar-refractivity contribution in [3.05, 3.63) is 101 Å². The molecule has 5 heteroatoms. The van der Waals surface area contributed by atoms with Crippen LogP contribution in [0.1, 0.15) is 39.0 Å². The summed E-state index contributed by atoms with van der Waals surface area (Å²) in [7, 11) is 1.37. The molecule has 3 aromatic carbocycles. The predicted octanol–water partition coefficient (Wildman–Crippen LogP) is 4.57. The average molecular weight is 430 g/mol. The van der Waals surface area contributed by atoms with Gasteiger partial charge in [0, 0.05) is 25.1 Å². The van der Waals surface area contributed by atoms with Crippen LogP contribution in [0.5, 0.6) is 5.75 Å². The summed E-state index contributed by atoms with van der Waals surface area (Å²) in [6, 6.07) is 23.4. The maximum atomic E-state index is 12.7. The average Bonchev–Trinajstić information content (AvgIpc) is 2.86. The summed E-state index contributed by atoms with van der Waals surface area (Å²) in [5.41, 5.74) is 4.98. The molecule has 1 heterocycles. The van der Waals surface area contributed by atoms with Gasteiger partial charge in [-0.2, -0.15) is 0 Å². The van der Waals surface area contributed by atoms with E-state index in [0.717, 1.165) is 24.1 Å². The quantitative estimate of drug-likeness (QED) is 0.517. The molecule has 0 N–H and O–H groups in total. The third-order valence-electron chi connectivity index (χ3n) is 5.85. The van der Waals surface area contributed by atoms with Crippen LogP contribution < -0.4 is 4.74 Å². The summed E-state index contributed by atoms with van der Waals surface area (Å²) in [4.78, 5) is 26.5. The monoisotopic (exact) mass is 429 g/mol. The maximum Gasteiger partial charge on any atom is 0.338 e. The molecule has 0 atom stereocenters. The van der Waals surface area contributed by atoms with Crippen molar-refractivity contribution in [3.63, 3.8) is 0 Å². The third-order valence-corrected chi connectivity index (χ3v) is 5.85. The molecule has 0 aliphatic carbocycles. The molecule has 0 saturated heterocycles. The van der Waals surface area contributed by atoms with E-state index in [1.807, 2.05) is 47.4 Å². The first-order valence-corrected chi connectivity index (χ1v) is 10.9. The molecule has 1 aliphatic rings. The van der Waals surface area contributed by atoms with E-state index >= 15 is 0 Å². The second-order valence-electron chi connectivity index (χ2n) is 7.92. The van der Waals surface area contributed by atoms with Crippen LogP contribution >= 0.6 is 0 Å². The number of benzene rings is 3. The summed E-state index contributed by atoms with van der Waals surface area (Å²) in [6.07, 6.45) is 2.12. The number of hydrogen-bond acceptors (Lipinski definition) is 4. The summed E-state index contributed by atoms with van der Waals surface area (Å²) in [6.45, 7) is 1.77. The van der Waals surface area contributed by atoms with Crippen molar-refractivity contribution in [1.82, 2.24) is 4.90 Å². The molecule has 164 valence electrons. The third kappa shape index (κ3) is 5.17. The zero-order valence-corrected chi connectivity index (χ0v) is 18.3. The molecular formula is C27H27NO4. The van der Waals surface area contributed by atoms with Gasteiger partial charge in [-0.15, -0.1) is 0 Å². The topological polar surface area (TPSA) is 55.8 Å². The number of methoxy groups -OCH3 is 1. The lowest BCUT2D eigenvalue weighted by Crippen LogP contribution is -2.36. The van der Waals surface area contributed by atoms with E-state index in [2.05, 4.69) is 18.2 Å². The molecule has 3 aromatic rings. The molecule has 32 heavy (non-hydrogen) atoms. The Morgan fingerprint density at radius 2 is 1.62 bits per heavy atom. The minimum atomic E-state index is -0.374. The van der Waals surface area contributed by atoms with E-state index < -0.39 is 0 Å². The first kappa shape index (κ1) is 21.6. The predicted molar refractivity (Wildman–Crippen MR) is 122 cm³/mol. The Bertz CT molecular complexity index is 1090. The highest BCUT2D eigenvalue weighted by Gasteiger charge is 2.20. The van der Waals surface area contributed by atoms with Crippen LogP contribution in [0.3, 0.4) is 0 Å². The van der Waals surface area contributed by atoms with Crippen LogP contribution in [0.2, 0.25) is 0 Å². The normalized spacial score (nSPS) is 12.7. The highest BCUT2D eigenvalue weighted by Crippen LogP contribution is 2.21. The van der Waals surface area contributed by atoms with Crippen LogP contribution in [0.15, 0.2) is 72.8 Å². The van der Waals surface area contributed by atoms with Gasteiger partial charge in [0.1, 0.15) is 12.4 Å². The molecule has 1 amide bonds. The molecule has 5 nitrogen and oxygen atoms in total. The Labute approximate surface area is 188 Å². The molecule has 0 spiro atoms. The fourth-order valence-corrected chi connectivity index (χ4v) is 3.99. The number of amides is 1. The summed E-state index contributed by atoms with van der Waals surface area (Å²) < 4.78 is 10.7. The number of aryl methyl sites for hydroxylation is 1. The lowest BCUT2D eigenvalue weighted by atomic mass is 9.99. The van der Waals surface area contributed by atoms with E-state index in [4.69, 9.17) is 9.47 Å². The van der Waals surface area contributed by atoms with Crippen molar-refractivity contribution in [2.24, 2.45) is 0 Å². The van der Waals surface area contributed by atoms with Crippen LogP contribution in [0.25, 0.3) is 0 Å². The van der Waals surface area contributed by atoms with Crippen LogP contribution in [-0.4, -0.2) is 30.4 Å². The Hall–Kier alpha value is -3.60. The van der Waals surface area contributed by atoms with Crippen molar-refractivity contribution in [3.8, 4) is 5.75 Å². The number of fused-ring (bicyclic) bond motifs is 1. The minimum Gasteiger partial charge on any atom is -0.489 e. The Morgan fingerprint density at radius 3 is 2.41 bits per heavy atom. The maximum absolute atomic E-state index is 12.7. The van der Waals surface area contributed by atoms with Gasteiger partial charge in [0.15, 0.2) is 0 Å². The number of nitrogens with zero attached hydrogens (tertiary/aromatic N) is 1. The molecular weight excluding hydrogens is 402 g/mol. The lowest BCUT2D eigenvalue weighted by Gasteiger charge is -2.29. The van der Waals surface area contributed by atoms with E-state index in [1.165, 1.54) is 18.2 Å². The van der Waals surface area contributed by atoms with Crippen molar-refractivity contribution in [2.75, 3.05) is 13.7 Å². The Balaban J connectivity index is 1.28. The van der Waals surface area contributed by atoms with Crippen LogP contribution in [0.4, 0.5) is 0 Å². The second kappa shape index (κ2) is 10.1. The van der Waals surface area contributed by atoms with E-state index in [1.54, 1.807) is 12.1 Å². The van der Waals surface area contributed by atoms with Gasteiger partial charge in [0.25, 0.3) is 0 Å². The second-order valence-corrected chi connectivity index (χ2v) is 7.92. The van der Waals surface area contributed by atoms with E-state index in [0.29, 0.717) is 30.7 Å². The van der Waals surface area contributed by atoms with Gasteiger partial charge in [-0.1, -0.05) is 54.6 Å². The fourth-order valence-electron chi connectivity index (χ4n) is 3.99. The van der Waals surface area contributed by atoms with Crippen LogP contribution in [-0.2, 0) is 35.5 Å². The summed E-state index contributed by atoms with van der Waals surface area (Å²) in [5.74, 6) is 0.535. The zero-order valence-electron chi connectivity index (χ0n) is 18.3. The molecule has 0 unspecified atom stereocenters. The number of rotatable bonds is 7. The van der Waals surface area contributed by atoms with Gasteiger partial charge >= 0.3 is 5.97 Å². The van der Waals surface area contributed by atoms with Gasteiger partial charge in [-0.25, -0.2) is 4.79 Å². The van der Waals surface area contributed by atoms with Gasteiger partial charge < -0.3 is 14.4 Å². The van der Waals surface area contributed by atoms with Crippen molar-refractivity contribution >= 4 is 11.9 Å². The SMILES string of the molecule is COC(=O)c1ccccc1COc1ccc(CCC(=O)N2CCc3ccccc3C2)cc1. The first-order chi connectivity index (χ1) is 15.6. The van der Waals surface area contributed by atoms with E-state index in [9.17, 15) is 9.59 Å². The fraction of sp³-hybridized carbons (Fsp3) is 0.259. The Morgan fingerprint density at radius 1 is 0.906 bits per heavy atom. The van der Waals surface area contributed by atoms with Crippen molar-refractivity contribution in [2.45, 2.75) is 32.4 Å². The molecule has 0 saturated carbocycles. The highest BCUT2D eigenvalue weighted by molar-refractivity contribution is 5.90. The Kier molecular flexibility index (Phi) is 6.85. The number of esters is 1. The van der Waals surface area contributed by atoms with Gasteiger partial charge in [0.2, 0.25) is 5.91 Å². The molecule has 0 radical (unpaired) electrons. The van der Waals surface area contributed by atoms with Crippen LogP contribution in [0, 0.1) is 0 Å². The molecule has 1 aliphatic heterocycles.